The van der Waals surface area contributed by atoms with Gasteiger partial charge in [0.1, 0.15) is 11.5 Å². The molecule has 0 radical (unpaired) electrons. The zero-order chi connectivity index (χ0) is 14.7. The van der Waals surface area contributed by atoms with Gasteiger partial charge in [-0.2, -0.15) is 0 Å². The first-order valence-corrected chi connectivity index (χ1v) is 5.97. The third-order valence-electron chi connectivity index (χ3n) is 2.64. The molecule has 0 saturated heterocycles. The first-order chi connectivity index (χ1) is 9.49. The van der Waals surface area contributed by atoms with Crippen molar-refractivity contribution < 1.29 is 13.7 Å². The number of nitro benzene ring substituents is 1. The molecule has 7 heteroatoms. The van der Waals surface area contributed by atoms with Gasteiger partial charge in [0.15, 0.2) is 5.82 Å². The van der Waals surface area contributed by atoms with Gasteiger partial charge in [-0.15, -0.1) is 0 Å². The average molecular weight is 299 g/mol. The molecule has 0 spiro atoms. The molecule has 2 rings (SSSR count). The zero-order valence-corrected chi connectivity index (χ0v) is 10.8. The molecule has 104 valence electrons. The van der Waals surface area contributed by atoms with Gasteiger partial charge in [-0.05, 0) is 23.8 Å². The van der Waals surface area contributed by atoms with Crippen molar-refractivity contribution in [3.63, 3.8) is 0 Å². The minimum atomic E-state index is -0.742. The standard InChI is InChI=1S/C13H9ClF2N2O2/c14-9-5-4-8(6-11(9)16)7-17-13-10(15)2-1-3-12(13)18(19)20/h1-6,17H,7H2. The van der Waals surface area contributed by atoms with Crippen LogP contribution in [0.3, 0.4) is 0 Å². The molecule has 0 atom stereocenters. The van der Waals surface area contributed by atoms with Crippen molar-refractivity contribution in [2.24, 2.45) is 0 Å². The van der Waals surface area contributed by atoms with Crippen molar-refractivity contribution in [3.05, 3.63) is 68.7 Å². The quantitative estimate of drug-likeness (QED) is 0.682. The highest BCUT2D eigenvalue weighted by Crippen LogP contribution is 2.27. The van der Waals surface area contributed by atoms with Crippen molar-refractivity contribution in [2.45, 2.75) is 6.54 Å². The Labute approximate surface area is 118 Å². The summed E-state index contributed by atoms with van der Waals surface area (Å²) in [5.41, 5.74) is -0.114. The minimum Gasteiger partial charge on any atom is -0.373 e. The van der Waals surface area contributed by atoms with Gasteiger partial charge in [-0.3, -0.25) is 10.1 Å². The van der Waals surface area contributed by atoms with Crippen LogP contribution in [-0.2, 0) is 6.54 Å². The summed E-state index contributed by atoms with van der Waals surface area (Å²) in [5, 5.41) is 13.4. The molecule has 2 aromatic carbocycles. The topological polar surface area (TPSA) is 55.2 Å². The van der Waals surface area contributed by atoms with E-state index in [9.17, 15) is 18.9 Å². The number of hydrogen-bond donors (Lipinski definition) is 1. The summed E-state index contributed by atoms with van der Waals surface area (Å²) in [6, 6.07) is 7.64. The molecule has 0 heterocycles. The lowest BCUT2D eigenvalue weighted by molar-refractivity contribution is -0.384. The summed E-state index contributed by atoms with van der Waals surface area (Å²) in [5.74, 6) is -1.34. The fourth-order valence-corrected chi connectivity index (χ4v) is 1.80. The van der Waals surface area contributed by atoms with Gasteiger partial charge in [-0.25, -0.2) is 8.78 Å². The third kappa shape index (κ3) is 3.03. The van der Waals surface area contributed by atoms with Gasteiger partial charge in [0.2, 0.25) is 0 Å². The maximum absolute atomic E-state index is 13.6. The molecule has 20 heavy (non-hydrogen) atoms. The van der Waals surface area contributed by atoms with Crippen molar-refractivity contribution >= 4 is 23.0 Å². The maximum atomic E-state index is 13.6. The van der Waals surface area contributed by atoms with E-state index in [1.54, 1.807) is 6.07 Å². The molecule has 0 aliphatic rings. The van der Waals surface area contributed by atoms with Gasteiger partial charge < -0.3 is 5.32 Å². The Hall–Kier alpha value is -2.21. The van der Waals surface area contributed by atoms with Crippen molar-refractivity contribution in [1.82, 2.24) is 0 Å². The number of nitrogens with one attached hydrogen (secondary N) is 1. The van der Waals surface area contributed by atoms with Crippen LogP contribution in [0.25, 0.3) is 0 Å². The molecule has 0 aliphatic heterocycles. The van der Waals surface area contributed by atoms with E-state index in [0.29, 0.717) is 5.56 Å². The Morgan fingerprint density at radius 2 is 1.95 bits per heavy atom. The Morgan fingerprint density at radius 3 is 2.60 bits per heavy atom. The second-order valence-electron chi connectivity index (χ2n) is 3.99. The maximum Gasteiger partial charge on any atom is 0.295 e. The predicted octanol–water partition coefficient (Wildman–Crippen LogP) is 4.14. The molecular formula is C13H9ClF2N2O2. The SMILES string of the molecule is O=[N+]([O-])c1cccc(F)c1NCc1ccc(Cl)c(F)c1. The van der Waals surface area contributed by atoms with Crippen LogP contribution in [0.1, 0.15) is 5.56 Å². The molecule has 0 aliphatic carbocycles. The molecule has 0 saturated carbocycles. The summed E-state index contributed by atoms with van der Waals surface area (Å²) in [4.78, 5) is 10.1. The molecule has 1 N–H and O–H groups in total. The molecular weight excluding hydrogens is 290 g/mol. The molecule has 0 bridgehead atoms. The van der Waals surface area contributed by atoms with Gasteiger partial charge in [0.05, 0.1) is 9.95 Å². The van der Waals surface area contributed by atoms with Crippen LogP contribution >= 0.6 is 11.6 Å². The molecule has 0 unspecified atom stereocenters. The van der Waals surface area contributed by atoms with E-state index in [4.69, 9.17) is 11.6 Å². The number of nitro groups is 1. The highest BCUT2D eigenvalue weighted by atomic mass is 35.5. The summed E-state index contributed by atoms with van der Waals surface area (Å²) in [7, 11) is 0. The van der Waals surface area contributed by atoms with E-state index in [1.807, 2.05) is 0 Å². The summed E-state index contributed by atoms with van der Waals surface area (Å²) < 4.78 is 26.8. The van der Waals surface area contributed by atoms with Crippen LogP contribution in [0.2, 0.25) is 5.02 Å². The highest BCUT2D eigenvalue weighted by molar-refractivity contribution is 6.30. The van der Waals surface area contributed by atoms with Gasteiger partial charge in [0, 0.05) is 12.6 Å². The van der Waals surface area contributed by atoms with Crippen LogP contribution in [0.4, 0.5) is 20.2 Å². The number of nitrogens with zero attached hydrogens (tertiary/aromatic N) is 1. The van der Waals surface area contributed by atoms with Crippen LogP contribution in [0.5, 0.6) is 0 Å². The van der Waals surface area contributed by atoms with E-state index in [1.165, 1.54) is 24.3 Å². The number of anilines is 1. The molecule has 0 amide bonds. The fraction of sp³-hybridized carbons (Fsp3) is 0.0769. The summed E-state index contributed by atoms with van der Waals surface area (Å²) in [6.45, 7) is 0.0376. The van der Waals surface area contributed by atoms with Gasteiger partial charge >= 0.3 is 0 Å². The predicted molar refractivity (Wildman–Crippen MR) is 71.8 cm³/mol. The Bertz CT molecular complexity index is 665. The van der Waals surface area contributed by atoms with Gasteiger partial charge in [0.25, 0.3) is 5.69 Å². The van der Waals surface area contributed by atoms with Crippen LogP contribution in [0, 0.1) is 21.7 Å². The second kappa shape index (κ2) is 5.83. The van der Waals surface area contributed by atoms with Crippen LogP contribution < -0.4 is 5.32 Å². The normalized spacial score (nSPS) is 10.3. The van der Waals surface area contributed by atoms with E-state index < -0.39 is 16.6 Å². The first kappa shape index (κ1) is 14.2. The minimum absolute atomic E-state index is 0.0226. The fourth-order valence-electron chi connectivity index (χ4n) is 1.68. The molecule has 0 fully saturated rings. The van der Waals surface area contributed by atoms with E-state index >= 15 is 0 Å². The largest absolute Gasteiger partial charge is 0.373 e. The van der Waals surface area contributed by atoms with Crippen molar-refractivity contribution in [3.8, 4) is 0 Å². The monoisotopic (exact) mass is 298 g/mol. The van der Waals surface area contributed by atoms with E-state index in [0.717, 1.165) is 6.07 Å². The third-order valence-corrected chi connectivity index (χ3v) is 2.95. The summed E-state index contributed by atoms with van der Waals surface area (Å²) in [6.07, 6.45) is 0. The first-order valence-electron chi connectivity index (χ1n) is 5.59. The molecule has 2 aromatic rings. The lowest BCUT2D eigenvalue weighted by Crippen LogP contribution is -2.05. The number of benzene rings is 2. The van der Waals surface area contributed by atoms with Crippen LogP contribution in [0.15, 0.2) is 36.4 Å². The average Bonchev–Trinajstić information content (AvgIpc) is 2.40. The number of halogens is 3. The molecule has 0 aromatic heterocycles. The van der Waals surface area contributed by atoms with E-state index in [-0.39, 0.29) is 22.9 Å². The lowest BCUT2D eigenvalue weighted by Gasteiger charge is -2.08. The van der Waals surface area contributed by atoms with E-state index in [2.05, 4.69) is 5.32 Å². The summed E-state index contributed by atoms with van der Waals surface area (Å²) >= 11 is 5.55. The smallest absolute Gasteiger partial charge is 0.295 e. The zero-order valence-electron chi connectivity index (χ0n) is 10.1. The Morgan fingerprint density at radius 1 is 1.20 bits per heavy atom. The number of hydrogen-bond acceptors (Lipinski definition) is 3. The van der Waals surface area contributed by atoms with Crippen molar-refractivity contribution in [2.75, 3.05) is 5.32 Å². The Kier molecular flexibility index (Phi) is 4.14. The van der Waals surface area contributed by atoms with Gasteiger partial charge in [-0.1, -0.05) is 23.7 Å². The van der Waals surface area contributed by atoms with Crippen LogP contribution in [-0.4, -0.2) is 4.92 Å². The number of rotatable bonds is 4. The van der Waals surface area contributed by atoms with Crippen molar-refractivity contribution in [1.29, 1.82) is 0 Å². The molecule has 4 nitrogen and oxygen atoms in total. The number of para-hydroxylation sites is 1. The lowest BCUT2D eigenvalue weighted by atomic mass is 10.2. The Balaban J connectivity index is 2.22. The second-order valence-corrected chi connectivity index (χ2v) is 4.40. The highest BCUT2D eigenvalue weighted by Gasteiger charge is 2.17.